The lowest BCUT2D eigenvalue weighted by molar-refractivity contribution is 0.388. The number of methoxy groups -OCH3 is 1. The Bertz CT molecular complexity index is 517. The first-order valence-corrected chi connectivity index (χ1v) is 6.37. The van der Waals surface area contributed by atoms with E-state index in [4.69, 9.17) is 4.74 Å². The number of hydrogen-bond acceptors (Lipinski definition) is 2. The van der Waals surface area contributed by atoms with Gasteiger partial charge in [-0.25, -0.2) is 4.39 Å². The molecule has 2 aromatic rings. The summed E-state index contributed by atoms with van der Waals surface area (Å²) in [6, 6.07) is 9.13. The fourth-order valence-electron chi connectivity index (χ4n) is 1.72. The molecule has 0 N–H and O–H groups in total. The first-order valence-electron chi connectivity index (χ1n) is 5.56. The van der Waals surface area contributed by atoms with E-state index >= 15 is 0 Å². The minimum atomic E-state index is -0.315. The Kier molecular flexibility index (Phi) is 3.48. The molecule has 0 bridgehead atoms. The predicted molar refractivity (Wildman–Crippen MR) is 70.4 cm³/mol. The van der Waals surface area contributed by atoms with Crippen LogP contribution in [0.3, 0.4) is 0 Å². The van der Waals surface area contributed by atoms with Gasteiger partial charge in [0.2, 0.25) is 0 Å². The van der Waals surface area contributed by atoms with Crippen LogP contribution in [0.2, 0.25) is 0 Å². The van der Waals surface area contributed by atoms with Crippen molar-refractivity contribution in [2.24, 2.45) is 0 Å². The normalized spacial score (nSPS) is 10.9. The molecule has 0 aliphatic rings. The molecule has 17 heavy (non-hydrogen) atoms. The third-order valence-corrected chi connectivity index (χ3v) is 4.05. The lowest BCUT2D eigenvalue weighted by Crippen LogP contribution is -1.90. The van der Waals surface area contributed by atoms with Gasteiger partial charge in [0.1, 0.15) is 0 Å². The van der Waals surface area contributed by atoms with Gasteiger partial charge >= 0.3 is 0 Å². The average Bonchev–Trinajstić information content (AvgIpc) is 2.77. The maximum Gasteiger partial charge on any atom is 0.165 e. The second kappa shape index (κ2) is 4.88. The summed E-state index contributed by atoms with van der Waals surface area (Å²) in [4.78, 5) is 2.34. The molecule has 0 fully saturated rings. The first-order chi connectivity index (χ1) is 8.13. The Labute approximate surface area is 105 Å². The molecule has 3 heteroatoms. The molecule has 0 unspecified atom stereocenters. The fraction of sp³-hybridized carbons (Fsp3) is 0.286. The van der Waals surface area contributed by atoms with Gasteiger partial charge in [-0.3, -0.25) is 0 Å². The summed E-state index contributed by atoms with van der Waals surface area (Å²) < 4.78 is 18.7. The number of ether oxygens (including phenoxy) is 1. The molecule has 1 heterocycles. The summed E-state index contributed by atoms with van der Waals surface area (Å²) in [7, 11) is 1.50. The predicted octanol–water partition coefficient (Wildman–Crippen LogP) is 4.69. The van der Waals surface area contributed by atoms with Crippen molar-refractivity contribution in [1.29, 1.82) is 0 Å². The van der Waals surface area contributed by atoms with Gasteiger partial charge in [0.25, 0.3) is 0 Å². The molecule has 2 rings (SSSR count). The van der Waals surface area contributed by atoms with Crippen LogP contribution in [0, 0.1) is 5.82 Å². The zero-order valence-corrected chi connectivity index (χ0v) is 11.0. The Hall–Kier alpha value is -1.35. The number of thiophene rings is 1. The maximum atomic E-state index is 13.6. The van der Waals surface area contributed by atoms with Gasteiger partial charge in [0.15, 0.2) is 11.6 Å². The highest BCUT2D eigenvalue weighted by Gasteiger charge is 2.13. The van der Waals surface area contributed by atoms with Crippen LogP contribution >= 0.6 is 11.3 Å². The molecule has 0 saturated heterocycles. The molecule has 0 atom stereocenters. The third-order valence-electron chi connectivity index (χ3n) is 2.63. The second-order valence-electron chi connectivity index (χ2n) is 4.18. The van der Waals surface area contributed by atoms with E-state index in [1.54, 1.807) is 17.4 Å². The average molecular weight is 250 g/mol. The minimum absolute atomic E-state index is 0.315. The quantitative estimate of drug-likeness (QED) is 0.768. The van der Waals surface area contributed by atoms with E-state index in [1.807, 2.05) is 12.1 Å². The highest BCUT2D eigenvalue weighted by atomic mass is 32.1. The zero-order chi connectivity index (χ0) is 12.4. The van der Waals surface area contributed by atoms with E-state index in [9.17, 15) is 4.39 Å². The molecule has 1 aromatic carbocycles. The van der Waals surface area contributed by atoms with Crippen molar-refractivity contribution in [2.45, 2.75) is 19.8 Å². The van der Waals surface area contributed by atoms with Gasteiger partial charge in [-0.15, -0.1) is 11.3 Å². The van der Waals surface area contributed by atoms with Crippen molar-refractivity contribution in [1.82, 2.24) is 0 Å². The number of halogens is 1. The van der Waals surface area contributed by atoms with Crippen LogP contribution in [0.15, 0.2) is 30.3 Å². The number of rotatable bonds is 3. The molecule has 0 saturated carbocycles. The third kappa shape index (κ3) is 2.34. The summed E-state index contributed by atoms with van der Waals surface area (Å²) in [5.74, 6) is 0.502. The molecular weight excluding hydrogens is 235 g/mol. The van der Waals surface area contributed by atoms with Gasteiger partial charge in [-0.2, -0.15) is 0 Å². The largest absolute Gasteiger partial charge is 0.493 e. The van der Waals surface area contributed by atoms with Crippen LogP contribution in [-0.2, 0) is 0 Å². The van der Waals surface area contributed by atoms with Gasteiger partial charge < -0.3 is 4.74 Å². The number of benzene rings is 1. The number of para-hydroxylation sites is 1. The first kappa shape index (κ1) is 12.1. The van der Waals surface area contributed by atoms with Crippen molar-refractivity contribution >= 4 is 11.3 Å². The van der Waals surface area contributed by atoms with Gasteiger partial charge in [0, 0.05) is 15.3 Å². The zero-order valence-electron chi connectivity index (χ0n) is 10.2. The van der Waals surface area contributed by atoms with E-state index < -0.39 is 0 Å². The minimum Gasteiger partial charge on any atom is -0.493 e. The summed E-state index contributed by atoms with van der Waals surface area (Å²) in [6.45, 7) is 4.30. The summed E-state index contributed by atoms with van der Waals surface area (Å²) in [5.41, 5.74) is 0.824. The van der Waals surface area contributed by atoms with Crippen molar-refractivity contribution in [3.05, 3.63) is 41.0 Å². The Morgan fingerprint density at radius 1 is 1.18 bits per heavy atom. The Balaban J connectivity index is 2.48. The standard InChI is InChI=1S/C14H15FOS/c1-9(2)12-7-8-13(17-12)10-5-4-6-11(15)14(10)16-3/h4-9H,1-3H3. The SMILES string of the molecule is COc1c(F)cccc1-c1ccc(C(C)C)s1. The highest BCUT2D eigenvalue weighted by molar-refractivity contribution is 7.15. The summed E-state index contributed by atoms with van der Waals surface area (Å²) in [5, 5.41) is 0. The van der Waals surface area contributed by atoms with Crippen LogP contribution in [0.25, 0.3) is 10.4 Å². The summed E-state index contributed by atoms with van der Waals surface area (Å²) in [6.07, 6.45) is 0. The van der Waals surface area contributed by atoms with E-state index in [2.05, 4.69) is 19.9 Å². The molecule has 1 aromatic heterocycles. The van der Waals surface area contributed by atoms with E-state index in [0.29, 0.717) is 11.7 Å². The lowest BCUT2D eigenvalue weighted by atomic mass is 10.1. The van der Waals surface area contributed by atoms with E-state index in [1.165, 1.54) is 18.1 Å². The molecule has 0 spiro atoms. The smallest absolute Gasteiger partial charge is 0.165 e. The second-order valence-corrected chi connectivity index (χ2v) is 5.29. The molecule has 0 radical (unpaired) electrons. The van der Waals surface area contributed by atoms with Gasteiger partial charge in [-0.1, -0.05) is 19.9 Å². The van der Waals surface area contributed by atoms with Crippen LogP contribution in [0.4, 0.5) is 4.39 Å². The van der Waals surface area contributed by atoms with Crippen LogP contribution < -0.4 is 4.74 Å². The Morgan fingerprint density at radius 2 is 1.94 bits per heavy atom. The van der Waals surface area contributed by atoms with E-state index in [0.717, 1.165) is 10.4 Å². The molecule has 0 amide bonds. The molecular formula is C14H15FOS. The topological polar surface area (TPSA) is 9.23 Å². The fourth-order valence-corrected chi connectivity index (χ4v) is 2.75. The van der Waals surface area contributed by atoms with Crippen LogP contribution in [0.5, 0.6) is 5.75 Å². The van der Waals surface area contributed by atoms with Gasteiger partial charge in [-0.05, 0) is 30.2 Å². The molecule has 0 aliphatic carbocycles. The van der Waals surface area contributed by atoms with E-state index in [-0.39, 0.29) is 5.82 Å². The maximum absolute atomic E-state index is 13.6. The molecule has 90 valence electrons. The summed E-state index contributed by atoms with van der Waals surface area (Å²) >= 11 is 1.69. The highest BCUT2D eigenvalue weighted by Crippen LogP contribution is 2.38. The van der Waals surface area contributed by atoms with Crippen LogP contribution in [0.1, 0.15) is 24.6 Å². The van der Waals surface area contributed by atoms with Crippen molar-refractivity contribution in [2.75, 3.05) is 7.11 Å². The van der Waals surface area contributed by atoms with Crippen LogP contribution in [-0.4, -0.2) is 7.11 Å². The molecule has 0 aliphatic heterocycles. The van der Waals surface area contributed by atoms with Gasteiger partial charge in [0.05, 0.1) is 7.11 Å². The van der Waals surface area contributed by atoms with Crippen molar-refractivity contribution in [3.8, 4) is 16.2 Å². The van der Waals surface area contributed by atoms with Crippen molar-refractivity contribution in [3.63, 3.8) is 0 Å². The monoisotopic (exact) mass is 250 g/mol. The lowest BCUT2D eigenvalue weighted by Gasteiger charge is -2.07. The molecule has 1 nitrogen and oxygen atoms in total. The van der Waals surface area contributed by atoms with Crippen molar-refractivity contribution < 1.29 is 9.13 Å². The Morgan fingerprint density at radius 3 is 2.53 bits per heavy atom. The number of hydrogen-bond donors (Lipinski definition) is 0.